The third kappa shape index (κ3) is 5.40. The summed E-state index contributed by atoms with van der Waals surface area (Å²) in [5, 5.41) is 0. The molecule has 0 aromatic carbocycles. The van der Waals surface area contributed by atoms with Gasteiger partial charge >= 0.3 is 0 Å². The predicted octanol–water partition coefficient (Wildman–Crippen LogP) is 1.47. The lowest BCUT2D eigenvalue weighted by Gasteiger charge is -2.41. The lowest BCUT2D eigenvalue weighted by atomic mass is 9.93. The number of sulfone groups is 1. The zero-order valence-corrected chi connectivity index (χ0v) is 13.7. The molecule has 1 fully saturated rings. The molecule has 0 bridgehead atoms. The molecule has 0 unspecified atom stereocenters. The van der Waals surface area contributed by atoms with Crippen molar-refractivity contribution in [3.8, 4) is 0 Å². The van der Waals surface area contributed by atoms with Gasteiger partial charge in [0, 0.05) is 24.9 Å². The van der Waals surface area contributed by atoms with Crippen molar-refractivity contribution in [2.24, 2.45) is 5.92 Å². The van der Waals surface area contributed by atoms with Crippen LogP contribution in [0.1, 0.15) is 33.6 Å². The van der Waals surface area contributed by atoms with Crippen molar-refractivity contribution in [2.45, 2.75) is 39.7 Å². The minimum absolute atomic E-state index is 0.304. The van der Waals surface area contributed by atoms with E-state index >= 15 is 0 Å². The van der Waals surface area contributed by atoms with E-state index in [0.717, 1.165) is 32.5 Å². The molecule has 1 aliphatic rings. The molecule has 1 aliphatic heterocycles. The Bertz CT molecular complexity index is 356. The van der Waals surface area contributed by atoms with E-state index in [-0.39, 0.29) is 0 Å². The van der Waals surface area contributed by atoms with Gasteiger partial charge < -0.3 is 9.80 Å². The number of likely N-dealkylation sites (tertiary alicyclic amines) is 1. The molecule has 0 saturated carbocycles. The van der Waals surface area contributed by atoms with E-state index in [0.29, 0.717) is 30.0 Å². The van der Waals surface area contributed by atoms with Crippen LogP contribution in [-0.4, -0.2) is 69.0 Å². The average Bonchev–Trinajstić information content (AvgIpc) is 2.36. The fraction of sp³-hybridized carbons (Fsp3) is 1.00. The quantitative estimate of drug-likeness (QED) is 0.712. The van der Waals surface area contributed by atoms with Gasteiger partial charge in [-0.25, -0.2) is 8.42 Å². The molecule has 0 aromatic rings. The van der Waals surface area contributed by atoms with Crippen LogP contribution in [0, 0.1) is 5.92 Å². The van der Waals surface area contributed by atoms with E-state index < -0.39 is 9.84 Å². The third-order valence-corrected chi connectivity index (χ3v) is 6.06. The first kappa shape index (κ1) is 16.9. The second-order valence-electron chi connectivity index (χ2n) is 5.86. The van der Waals surface area contributed by atoms with E-state index in [1.165, 1.54) is 0 Å². The maximum absolute atomic E-state index is 11.8. The molecule has 2 atom stereocenters. The highest BCUT2D eigenvalue weighted by Crippen LogP contribution is 2.20. The third-order valence-electron chi connectivity index (χ3n) is 4.23. The van der Waals surface area contributed by atoms with Gasteiger partial charge in [-0.1, -0.05) is 20.8 Å². The number of rotatable bonds is 7. The Hall–Kier alpha value is -0.130. The summed E-state index contributed by atoms with van der Waals surface area (Å²) in [5.41, 5.74) is 0. The van der Waals surface area contributed by atoms with Crippen LogP contribution < -0.4 is 0 Å². The van der Waals surface area contributed by atoms with Gasteiger partial charge in [-0.2, -0.15) is 0 Å². The molecule has 1 heterocycles. The second kappa shape index (κ2) is 7.60. The van der Waals surface area contributed by atoms with Crippen LogP contribution in [-0.2, 0) is 9.84 Å². The summed E-state index contributed by atoms with van der Waals surface area (Å²) >= 11 is 0. The van der Waals surface area contributed by atoms with Gasteiger partial charge in [0.15, 0.2) is 9.84 Å². The molecule has 0 spiro atoms. The number of hydrogen-bond acceptors (Lipinski definition) is 4. The van der Waals surface area contributed by atoms with Crippen molar-refractivity contribution in [3.63, 3.8) is 0 Å². The Morgan fingerprint density at radius 3 is 2.47 bits per heavy atom. The summed E-state index contributed by atoms with van der Waals surface area (Å²) < 4.78 is 23.5. The summed E-state index contributed by atoms with van der Waals surface area (Å²) in [6, 6.07) is 0.527. The van der Waals surface area contributed by atoms with E-state index in [1.54, 1.807) is 0 Å². The van der Waals surface area contributed by atoms with Crippen molar-refractivity contribution < 1.29 is 8.42 Å². The standard InChI is InChI=1S/C14H30N2O2S/c1-5-10-19(17,18)11-9-15(4)14-7-8-16(6-2)12-13(14)3/h13-14H,5-12H2,1-4H3/t13-,14+/m0/s1. The highest BCUT2D eigenvalue weighted by atomic mass is 32.2. The van der Waals surface area contributed by atoms with Gasteiger partial charge in [-0.15, -0.1) is 0 Å². The number of hydrogen-bond donors (Lipinski definition) is 0. The van der Waals surface area contributed by atoms with Gasteiger partial charge in [0.05, 0.1) is 5.75 Å². The molecule has 0 radical (unpaired) electrons. The summed E-state index contributed by atoms with van der Waals surface area (Å²) in [6.07, 6.45) is 1.87. The normalized spacial score (nSPS) is 25.9. The highest BCUT2D eigenvalue weighted by Gasteiger charge is 2.28. The monoisotopic (exact) mass is 290 g/mol. The van der Waals surface area contributed by atoms with Crippen molar-refractivity contribution in [1.29, 1.82) is 0 Å². The first-order valence-electron chi connectivity index (χ1n) is 7.52. The minimum atomic E-state index is -2.85. The maximum Gasteiger partial charge on any atom is 0.151 e. The summed E-state index contributed by atoms with van der Waals surface area (Å²) in [4.78, 5) is 4.73. The van der Waals surface area contributed by atoms with Crippen LogP contribution in [0.15, 0.2) is 0 Å². The van der Waals surface area contributed by atoms with Crippen molar-refractivity contribution in [2.75, 3.05) is 44.7 Å². The molecule has 0 aliphatic carbocycles. The topological polar surface area (TPSA) is 40.6 Å². The summed E-state index contributed by atoms with van der Waals surface area (Å²) in [5.74, 6) is 1.25. The molecular formula is C14H30N2O2S. The van der Waals surface area contributed by atoms with Crippen LogP contribution in [0.3, 0.4) is 0 Å². The average molecular weight is 290 g/mol. The Labute approximate surface area is 119 Å². The predicted molar refractivity (Wildman–Crippen MR) is 81.3 cm³/mol. The smallest absolute Gasteiger partial charge is 0.151 e. The van der Waals surface area contributed by atoms with Gasteiger partial charge in [0.25, 0.3) is 0 Å². The Kier molecular flexibility index (Phi) is 6.77. The molecule has 4 nitrogen and oxygen atoms in total. The number of piperidine rings is 1. The highest BCUT2D eigenvalue weighted by molar-refractivity contribution is 7.91. The molecule has 0 amide bonds. The van der Waals surface area contributed by atoms with Crippen LogP contribution in [0.4, 0.5) is 0 Å². The molecule has 1 saturated heterocycles. The largest absolute Gasteiger partial charge is 0.303 e. The molecule has 114 valence electrons. The van der Waals surface area contributed by atoms with Crippen molar-refractivity contribution in [1.82, 2.24) is 9.80 Å². The minimum Gasteiger partial charge on any atom is -0.303 e. The fourth-order valence-electron chi connectivity index (χ4n) is 3.02. The first-order chi connectivity index (χ1) is 8.89. The van der Waals surface area contributed by atoms with Gasteiger partial charge in [-0.05, 0) is 38.9 Å². The lowest BCUT2D eigenvalue weighted by molar-refractivity contribution is 0.0866. The Morgan fingerprint density at radius 2 is 1.95 bits per heavy atom. The van der Waals surface area contributed by atoms with Crippen molar-refractivity contribution >= 4 is 9.84 Å². The molecule has 19 heavy (non-hydrogen) atoms. The van der Waals surface area contributed by atoms with Gasteiger partial charge in [-0.3, -0.25) is 0 Å². The molecule has 0 aromatic heterocycles. The number of nitrogens with zero attached hydrogens (tertiary/aromatic N) is 2. The van der Waals surface area contributed by atoms with Crippen LogP contribution >= 0.6 is 0 Å². The fourth-order valence-corrected chi connectivity index (χ4v) is 4.42. The lowest BCUT2D eigenvalue weighted by Crippen LogP contribution is -2.49. The molecule has 0 N–H and O–H groups in total. The second-order valence-corrected chi connectivity index (χ2v) is 8.16. The van der Waals surface area contributed by atoms with E-state index in [1.807, 2.05) is 6.92 Å². The molecule has 5 heteroatoms. The van der Waals surface area contributed by atoms with Gasteiger partial charge in [0.2, 0.25) is 0 Å². The van der Waals surface area contributed by atoms with E-state index in [2.05, 4.69) is 30.7 Å². The zero-order chi connectivity index (χ0) is 14.5. The maximum atomic E-state index is 11.8. The first-order valence-corrected chi connectivity index (χ1v) is 9.34. The Morgan fingerprint density at radius 1 is 1.26 bits per heavy atom. The van der Waals surface area contributed by atoms with E-state index in [4.69, 9.17) is 0 Å². The van der Waals surface area contributed by atoms with E-state index in [9.17, 15) is 8.42 Å². The van der Waals surface area contributed by atoms with Crippen molar-refractivity contribution in [3.05, 3.63) is 0 Å². The van der Waals surface area contributed by atoms with Crippen LogP contribution in [0.5, 0.6) is 0 Å². The summed E-state index contributed by atoms with van der Waals surface area (Å²) in [6.45, 7) is 10.5. The SMILES string of the molecule is CCCS(=O)(=O)CCN(C)[C@@H]1CCN(CC)C[C@@H]1C. The molecular weight excluding hydrogens is 260 g/mol. The van der Waals surface area contributed by atoms with Crippen LogP contribution in [0.25, 0.3) is 0 Å². The molecule has 1 rings (SSSR count). The van der Waals surface area contributed by atoms with Crippen LogP contribution in [0.2, 0.25) is 0 Å². The Balaban J connectivity index is 2.44. The zero-order valence-electron chi connectivity index (χ0n) is 12.9. The summed E-state index contributed by atoms with van der Waals surface area (Å²) in [7, 11) is -0.777. The van der Waals surface area contributed by atoms with Gasteiger partial charge in [0.1, 0.15) is 0 Å².